The lowest BCUT2D eigenvalue weighted by Crippen LogP contribution is -2.36. The maximum Gasteiger partial charge on any atom is 0.249 e. The number of hydrazone groups is 1. The van der Waals surface area contributed by atoms with Crippen molar-refractivity contribution in [2.24, 2.45) is 5.10 Å². The molecule has 0 saturated heterocycles. The zero-order chi connectivity index (χ0) is 20.4. The highest BCUT2D eigenvalue weighted by atomic mass is 16.2. The van der Waals surface area contributed by atoms with Gasteiger partial charge in [-0.05, 0) is 43.2 Å². The number of nitriles is 1. The average molecular weight is 376 g/mol. The topological polar surface area (TPSA) is 84.6 Å². The van der Waals surface area contributed by atoms with E-state index in [4.69, 9.17) is 0 Å². The standard InChI is InChI=1S/C21H24N6O/c1-13-6-7-17(24-21(28)19-8-14(2)25-27(19)5)10-18(13)16-9-15(11-22)20(23-12-16)26(3)4/h6-7,9-10,12,19H,8H2,1-5H3,(H,24,28). The molecule has 144 valence electrons. The lowest BCUT2D eigenvalue weighted by Gasteiger charge is -2.19. The second-order valence-electron chi connectivity index (χ2n) is 7.25. The third-order valence-corrected chi connectivity index (χ3v) is 4.80. The molecule has 0 aliphatic carbocycles. The van der Waals surface area contributed by atoms with E-state index in [0.717, 1.165) is 22.4 Å². The summed E-state index contributed by atoms with van der Waals surface area (Å²) in [6.07, 6.45) is 2.38. The molecule has 1 aliphatic rings. The highest BCUT2D eigenvalue weighted by molar-refractivity contribution is 6.00. The minimum atomic E-state index is -0.295. The number of nitrogens with one attached hydrogen (secondary N) is 1. The van der Waals surface area contributed by atoms with E-state index in [2.05, 4.69) is 21.5 Å². The molecule has 1 unspecified atom stereocenters. The minimum absolute atomic E-state index is 0.0864. The molecule has 0 radical (unpaired) electrons. The third-order valence-electron chi connectivity index (χ3n) is 4.80. The fraction of sp³-hybridized carbons (Fsp3) is 0.333. The maximum atomic E-state index is 12.6. The number of rotatable bonds is 4. The van der Waals surface area contributed by atoms with Crippen LogP contribution in [-0.2, 0) is 4.79 Å². The van der Waals surface area contributed by atoms with E-state index < -0.39 is 0 Å². The van der Waals surface area contributed by atoms with Crippen molar-refractivity contribution in [2.45, 2.75) is 26.3 Å². The first-order valence-electron chi connectivity index (χ1n) is 9.06. The summed E-state index contributed by atoms with van der Waals surface area (Å²) in [7, 11) is 5.52. The second-order valence-corrected chi connectivity index (χ2v) is 7.25. The smallest absolute Gasteiger partial charge is 0.249 e. The SMILES string of the molecule is CC1=NN(C)C(C(=O)Nc2ccc(C)c(-c3cnc(N(C)C)c(C#N)c3)c2)C1. The molecule has 1 amide bonds. The van der Waals surface area contributed by atoms with Crippen molar-refractivity contribution in [1.82, 2.24) is 9.99 Å². The highest BCUT2D eigenvalue weighted by Crippen LogP contribution is 2.29. The number of hydrogen-bond acceptors (Lipinski definition) is 6. The molecule has 1 aromatic heterocycles. The largest absolute Gasteiger partial charge is 0.362 e. The average Bonchev–Trinajstić information content (AvgIpc) is 3.00. The van der Waals surface area contributed by atoms with Crippen LogP contribution in [0.4, 0.5) is 11.5 Å². The predicted octanol–water partition coefficient (Wildman–Crippen LogP) is 3.01. The summed E-state index contributed by atoms with van der Waals surface area (Å²) < 4.78 is 0. The number of anilines is 2. The summed E-state index contributed by atoms with van der Waals surface area (Å²) in [5.74, 6) is 0.546. The summed E-state index contributed by atoms with van der Waals surface area (Å²) >= 11 is 0. The Morgan fingerprint density at radius 1 is 1.32 bits per heavy atom. The predicted molar refractivity (Wildman–Crippen MR) is 111 cm³/mol. The van der Waals surface area contributed by atoms with Gasteiger partial charge in [0.1, 0.15) is 17.9 Å². The molecule has 2 aromatic rings. The van der Waals surface area contributed by atoms with Gasteiger partial charge in [0.2, 0.25) is 5.91 Å². The second kappa shape index (κ2) is 7.69. The number of benzene rings is 1. The molecule has 7 nitrogen and oxygen atoms in total. The number of nitrogens with zero attached hydrogens (tertiary/aromatic N) is 5. The van der Waals surface area contributed by atoms with Crippen molar-refractivity contribution in [1.29, 1.82) is 5.26 Å². The van der Waals surface area contributed by atoms with Crippen LogP contribution >= 0.6 is 0 Å². The molecule has 7 heteroatoms. The summed E-state index contributed by atoms with van der Waals surface area (Å²) in [4.78, 5) is 18.9. The Balaban J connectivity index is 1.88. The first-order valence-corrected chi connectivity index (χ1v) is 9.06. The molecular formula is C21H24N6O. The summed E-state index contributed by atoms with van der Waals surface area (Å²) in [5.41, 5.74) is 4.98. The van der Waals surface area contributed by atoms with Gasteiger partial charge in [0, 0.05) is 50.7 Å². The van der Waals surface area contributed by atoms with E-state index in [1.807, 2.05) is 64.2 Å². The number of likely N-dealkylation sites (N-methyl/N-ethyl adjacent to an activating group) is 1. The Labute approximate surface area is 165 Å². The summed E-state index contributed by atoms with van der Waals surface area (Å²) in [5, 5.41) is 18.4. The lowest BCUT2D eigenvalue weighted by atomic mass is 9.99. The van der Waals surface area contributed by atoms with Crippen molar-refractivity contribution >= 4 is 23.1 Å². The fourth-order valence-corrected chi connectivity index (χ4v) is 3.33. The Bertz CT molecular complexity index is 989. The molecule has 2 heterocycles. The van der Waals surface area contributed by atoms with Gasteiger partial charge in [0.15, 0.2) is 0 Å². The fourth-order valence-electron chi connectivity index (χ4n) is 3.33. The van der Waals surface area contributed by atoms with Crippen molar-refractivity contribution in [2.75, 3.05) is 31.4 Å². The van der Waals surface area contributed by atoms with Crippen molar-refractivity contribution < 1.29 is 4.79 Å². The molecule has 1 aromatic carbocycles. The van der Waals surface area contributed by atoms with Gasteiger partial charge in [0.05, 0.1) is 5.56 Å². The number of amides is 1. The van der Waals surface area contributed by atoms with Gasteiger partial charge in [0.25, 0.3) is 0 Å². The molecule has 28 heavy (non-hydrogen) atoms. The van der Waals surface area contributed by atoms with Gasteiger partial charge < -0.3 is 10.2 Å². The van der Waals surface area contributed by atoms with E-state index >= 15 is 0 Å². The first-order chi connectivity index (χ1) is 13.3. The van der Waals surface area contributed by atoms with Gasteiger partial charge >= 0.3 is 0 Å². The van der Waals surface area contributed by atoms with Crippen molar-refractivity contribution in [3.05, 3.63) is 41.6 Å². The maximum absolute atomic E-state index is 12.6. The van der Waals surface area contributed by atoms with Gasteiger partial charge in [-0.15, -0.1) is 0 Å². The van der Waals surface area contributed by atoms with Gasteiger partial charge in [-0.3, -0.25) is 9.80 Å². The van der Waals surface area contributed by atoms with Gasteiger partial charge in [-0.2, -0.15) is 10.4 Å². The minimum Gasteiger partial charge on any atom is -0.362 e. The zero-order valence-corrected chi connectivity index (χ0v) is 16.8. The molecule has 0 bridgehead atoms. The van der Waals surface area contributed by atoms with Crippen molar-refractivity contribution in [3.8, 4) is 17.2 Å². The Kier molecular flexibility index (Phi) is 5.32. The molecule has 1 aliphatic heterocycles. The zero-order valence-electron chi connectivity index (χ0n) is 16.8. The van der Waals surface area contributed by atoms with Crippen LogP contribution in [0, 0.1) is 18.3 Å². The number of carbonyl (C=O) groups excluding carboxylic acids is 1. The van der Waals surface area contributed by atoms with Crippen LogP contribution in [0.1, 0.15) is 24.5 Å². The van der Waals surface area contributed by atoms with Crippen molar-refractivity contribution in [3.63, 3.8) is 0 Å². The van der Waals surface area contributed by atoms with Crippen LogP contribution in [0.2, 0.25) is 0 Å². The van der Waals surface area contributed by atoms with Gasteiger partial charge in [-0.1, -0.05) is 6.07 Å². The Morgan fingerprint density at radius 2 is 2.07 bits per heavy atom. The number of carbonyl (C=O) groups is 1. The molecule has 1 atom stereocenters. The summed E-state index contributed by atoms with van der Waals surface area (Å²) in [6.45, 7) is 3.92. The van der Waals surface area contributed by atoms with E-state index in [1.54, 1.807) is 11.2 Å². The molecule has 3 rings (SSSR count). The van der Waals surface area contributed by atoms with Crippen LogP contribution in [0.25, 0.3) is 11.1 Å². The van der Waals surface area contributed by atoms with E-state index in [9.17, 15) is 10.1 Å². The van der Waals surface area contributed by atoms with Crippen LogP contribution in [0.3, 0.4) is 0 Å². The Morgan fingerprint density at radius 3 is 2.68 bits per heavy atom. The van der Waals surface area contributed by atoms with Crippen LogP contribution in [0.5, 0.6) is 0 Å². The van der Waals surface area contributed by atoms with E-state index in [0.29, 0.717) is 23.5 Å². The number of hydrogen-bond donors (Lipinski definition) is 1. The van der Waals surface area contributed by atoms with E-state index in [1.165, 1.54) is 0 Å². The van der Waals surface area contributed by atoms with Crippen LogP contribution < -0.4 is 10.2 Å². The molecular weight excluding hydrogens is 352 g/mol. The highest BCUT2D eigenvalue weighted by Gasteiger charge is 2.28. The first kappa shape index (κ1) is 19.4. The molecule has 0 saturated carbocycles. The van der Waals surface area contributed by atoms with Crippen LogP contribution in [0.15, 0.2) is 35.6 Å². The van der Waals surface area contributed by atoms with Crippen LogP contribution in [-0.4, -0.2) is 48.8 Å². The van der Waals surface area contributed by atoms with E-state index in [-0.39, 0.29) is 11.9 Å². The summed E-state index contributed by atoms with van der Waals surface area (Å²) in [6, 6.07) is 9.50. The Hall–Kier alpha value is -3.40. The van der Waals surface area contributed by atoms with Gasteiger partial charge in [-0.25, -0.2) is 4.98 Å². The lowest BCUT2D eigenvalue weighted by molar-refractivity contribution is -0.120. The molecule has 0 fully saturated rings. The molecule has 1 N–H and O–H groups in total. The number of aryl methyl sites for hydroxylation is 1. The normalized spacial score (nSPS) is 15.8. The monoisotopic (exact) mass is 376 g/mol. The number of pyridine rings is 1. The third kappa shape index (κ3) is 3.81. The quantitative estimate of drug-likeness (QED) is 0.887. The molecule has 0 spiro atoms. The number of aromatic nitrogens is 1.